The summed E-state index contributed by atoms with van der Waals surface area (Å²) in [5.41, 5.74) is -1.00. The van der Waals surface area contributed by atoms with Gasteiger partial charge in [-0.15, -0.1) is 0 Å². The van der Waals surface area contributed by atoms with Crippen LogP contribution in [0, 0.1) is 23.3 Å². The van der Waals surface area contributed by atoms with Crippen molar-refractivity contribution in [2.75, 3.05) is 0 Å². The van der Waals surface area contributed by atoms with Gasteiger partial charge in [-0.2, -0.15) is 0 Å². The molecule has 7 heteroatoms. The molecule has 0 bridgehead atoms. The van der Waals surface area contributed by atoms with Crippen molar-refractivity contribution in [2.45, 2.75) is 0 Å². The maximum absolute atomic E-state index is 13.1. The van der Waals surface area contributed by atoms with E-state index >= 15 is 0 Å². The Morgan fingerprint density at radius 1 is 0.933 bits per heavy atom. The fourth-order valence-corrected chi connectivity index (χ4v) is 1.26. The molecule has 82 valence electrons. The Labute approximate surface area is 98.0 Å². The minimum atomic E-state index is -2.05. The van der Waals surface area contributed by atoms with Crippen molar-refractivity contribution >= 4 is 37.7 Å². The van der Waals surface area contributed by atoms with E-state index in [1.807, 2.05) is 0 Å². The predicted molar refractivity (Wildman–Crippen MR) is 52.2 cm³/mol. The molecule has 1 aromatic carbocycles. The molecule has 0 aliphatic carbocycles. The molecule has 0 N–H and O–H groups in total. The first-order valence-electron chi connectivity index (χ1n) is 3.40. The zero-order valence-corrected chi connectivity index (χ0v) is 9.90. The average Bonchev–Trinajstić information content (AvgIpc) is 2.19. The minimum Gasteiger partial charge on any atom is -0.204 e. The molecule has 0 aliphatic rings. The highest BCUT2D eigenvalue weighted by molar-refractivity contribution is 9.28. The molecule has 0 atom stereocenters. The fraction of sp³-hybridized carbons (Fsp3) is 0. The van der Waals surface area contributed by atoms with Gasteiger partial charge in [0.25, 0.3) is 0 Å². The van der Waals surface area contributed by atoms with Crippen LogP contribution < -0.4 is 0 Å². The van der Waals surface area contributed by atoms with E-state index < -0.39 is 34.7 Å². The zero-order chi connectivity index (χ0) is 11.7. The summed E-state index contributed by atoms with van der Waals surface area (Å²) in [7, 11) is 0. The molecule has 0 radical (unpaired) electrons. The van der Waals surface area contributed by atoms with Gasteiger partial charge >= 0.3 is 0 Å². The summed E-state index contributed by atoms with van der Waals surface area (Å²) < 4.78 is 63.5. The Morgan fingerprint density at radius 2 is 1.47 bits per heavy atom. The second-order valence-electron chi connectivity index (χ2n) is 2.42. The van der Waals surface area contributed by atoms with Gasteiger partial charge in [0.15, 0.2) is 29.1 Å². The Bertz CT molecular complexity index is 437. The molecule has 0 nitrogen and oxygen atoms in total. The van der Waals surface area contributed by atoms with Crippen molar-refractivity contribution in [3.05, 3.63) is 38.3 Å². The number of hydrogen-bond donors (Lipinski definition) is 0. The van der Waals surface area contributed by atoms with Crippen LogP contribution >= 0.6 is 31.9 Å². The topological polar surface area (TPSA) is 0 Å². The van der Waals surface area contributed by atoms with Crippen LogP contribution in [0.15, 0.2) is 9.46 Å². The SMILES string of the molecule is FC(=C(Br)Br)c1cc(F)c(F)c(F)c1F. The van der Waals surface area contributed by atoms with Crippen LogP contribution in [-0.2, 0) is 0 Å². The van der Waals surface area contributed by atoms with Gasteiger partial charge in [-0.25, -0.2) is 22.0 Å². The van der Waals surface area contributed by atoms with E-state index in [0.29, 0.717) is 0 Å². The Balaban J connectivity index is 3.53. The standard InChI is InChI=1S/C8HBr2F5/c9-8(10)5(13)2-1-3(11)6(14)7(15)4(2)12/h1H. The van der Waals surface area contributed by atoms with Gasteiger partial charge in [0.2, 0.25) is 0 Å². The minimum absolute atomic E-state index is 0.228. The lowest BCUT2D eigenvalue weighted by atomic mass is 10.2. The summed E-state index contributed by atoms with van der Waals surface area (Å²) in [4.78, 5) is 0. The van der Waals surface area contributed by atoms with E-state index in [1.165, 1.54) is 0 Å². The van der Waals surface area contributed by atoms with Crippen LogP contribution in [0.2, 0.25) is 0 Å². The van der Waals surface area contributed by atoms with Crippen molar-refractivity contribution in [1.29, 1.82) is 0 Å². The van der Waals surface area contributed by atoms with Gasteiger partial charge in [0.1, 0.15) is 0 Å². The molecule has 15 heavy (non-hydrogen) atoms. The summed E-state index contributed by atoms with van der Waals surface area (Å²) in [5, 5.41) is 0. The van der Waals surface area contributed by atoms with Gasteiger partial charge in [-0.3, -0.25) is 0 Å². The molecule has 0 saturated heterocycles. The molecule has 1 rings (SSSR count). The summed E-state index contributed by atoms with van der Waals surface area (Å²) in [6.07, 6.45) is 0. The van der Waals surface area contributed by atoms with E-state index in [4.69, 9.17) is 0 Å². The lowest BCUT2D eigenvalue weighted by Gasteiger charge is -2.03. The summed E-state index contributed by atoms with van der Waals surface area (Å²) in [5.74, 6) is -8.76. The molecule has 0 saturated carbocycles. The highest BCUT2D eigenvalue weighted by Crippen LogP contribution is 2.32. The summed E-state index contributed by atoms with van der Waals surface area (Å²) in [6, 6.07) is 0.228. The van der Waals surface area contributed by atoms with Crippen LogP contribution in [-0.4, -0.2) is 0 Å². The molecular weight excluding hydrogens is 351 g/mol. The molecule has 1 aromatic rings. The molecule has 0 fully saturated rings. The van der Waals surface area contributed by atoms with Gasteiger partial charge in [-0.1, -0.05) is 0 Å². The van der Waals surface area contributed by atoms with E-state index in [9.17, 15) is 22.0 Å². The molecule has 0 spiro atoms. The molecular formula is C8HBr2F5. The van der Waals surface area contributed by atoms with E-state index in [0.717, 1.165) is 0 Å². The number of benzene rings is 1. The first-order chi connectivity index (χ1) is 6.86. The molecule has 0 heterocycles. The van der Waals surface area contributed by atoms with Crippen molar-refractivity contribution in [1.82, 2.24) is 0 Å². The molecule has 0 unspecified atom stereocenters. The maximum atomic E-state index is 13.1. The van der Waals surface area contributed by atoms with Crippen LogP contribution in [0.5, 0.6) is 0 Å². The summed E-state index contributed by atoms with van der Waals surface area (Å²) >= 11 is 5.19. The van der Waals surface area contributed by atoms with Gasteiger partial charge in [0, 0.05) is 0 Å². The monoisotopic (exact) mass is 350 g/mol. The maximum Gasteiger partial charge on any atom is 0.198 e. The van der Waals surface area contributed by atoms with E-state index in [1.54, 1.807) is 0 Å². The highest BCUT2D eigenvalue weighted by atomic mass is 79.9. The van der Waals surface area contributed by atoms with Gasteiger partial charge in [-0.05, 0) is 37.9 Å². The molecule has 0 amide bonds. The first-order valence-corrected chi connectivity index (χ1v) is 4.99. The lowest BCUT2D eigenvalue weighted by molar-refractivity contribution is 0.406. The van der Waals surface area contributed by atoms with Crippen LogP contribution in [0.3, 0.4) is 0 Å². The molecule has 0 aliphatic heterocycles. The normalized spacial score (nSPS) is 10.3. The average molecular weight is 352 g/mol. The Hall–Kier alpha value is -0.430. The third-order valence-electron chi connectivity index (χ3n) is 1.51. The number of rotatable bonds is 1. The second-order valence-corrected chi connectivity index (χ2v) is 5.07. The van der Waals surface area contributed by atoms with E-state index in [2.05, 4.69) is 31.9 Å². The van der Waals surface area contributed by atoms with Gasteiger partial charge in [0.05, 0.1) is 8.96 Å². The van der Waals surface area contributed by atoms with E-state index in [-0.39, 0.29) is 9.46 Å². The van der Waals surface area contributed by atoms with Crippen molar-refractivity contribution in [3.8, 4) is 0 Å². The lowest BCUT2D eigenvalue weighted by Crippen LogP contribution is -1.99. The number of halogens is 7. The van der Waals surface area contributed by atoms with Crippen molar-refractivity contribution in [3.63, 3.8) is 0 Å². The highest BCUT2D eigenvalue weighted by Gasteiger charge is 2.22. The van der Waals surface area contributed by atoms with Gasteiger partial charge < -0.3 is 0 Å². The van der Waals surface area contributed by atoms with Crippen molar-refractivity contribution in [2.24, 2.45) is 0 Å². The quantitative estimate of drug-likeness (QED) is 0.393. The third-order valence-corrected chi connectivity index (χ3v) is 2.20. The third kappa shape index (κ3) is 2.39. The smallest absolute Gasteiger partial charge is 0.198 e. The Kier molecular flexibility index (Phi) is 3.88. The first kappa shape index (κ1) is 12.6. The second kappa shape index (κ2) is 4.61. The predicted octanol–water partition coefficient (Wildman–Crippen LogP) is 4.63. The largest absolute Gasteiger partial charge is 0.204 e. The summed E-state index contributed by atoms with van der Waals surface area (Å²) in [6.45, 7) is 0. The van der Waals surface area contributed by atoms with Crippen LogP contribution in [0.1, 0.15) is 5.56 Å². The van der Waals surface area contributed by atoms with Crippen LogP contribution in [0.4, 0.5) is 22.0 Å². The number of hydrogen-bond acceptors (Lipinski definition) is 0. The molecule has 0 aromatic heterocycles. The fourth-order valence-electron chi connectivity index (χ4n) is 0.834. The Morgan fingerprint density at radius 3 is 1.93 bits per heavy atom. The zero-order valence-electron chi connectivity index (χ0n) is 6.72. The van der Waals surface area contributed by atoms with Crippen molar-refractivity contribution < 1.29 is 22.0 Å². The van der Waals surface area contributed by atoms with Crippen LogP contribution in [0.25, 0.3) is 5.83 Å².